The van der Waals surface area contributed by atoms with E-state index in [0.717, 1.165) is 6.07 Å². The van der Waals surface area contributed by atoms with Crippen molar-refractivity contribution in [3.8, 4) is 0 Å². The molecule has 0 saturated heterocycles. The molecular formula is C15H11F2N3O3S. The van der Waals surface area contributed by atoms with Crippen LogP contribution in [0.5, 0.6) is 0 Å². The Labute approximate surface area is 135 Å². The van der Waals surface area contributed by atoms with Gasteiger partial charge in [-0.15, -0.1) is 0 Å². The van der Waals surface area contributed by atoms with Gasteiger partial charge in [-0.2, -0.15) is 27.2 Å². The number of nitrogens with zero attached hydrogens (tertiary/aromatic N) is 2. The van der Waals surface area contributed by atoms with Gasteiger partial charge < -0.3 is 5.32 Å². The van der Waals surface area contributed by atoms with Crippen LogP contribution in [0, 0.1) is 12.0 Å². The maximum Gasteiger partial charge on any atom is 0.313 e. The summed E-state index contributed by atoms with van der Waals surface area (Å²) in [5.41, 5.74) is 0.399. The van der Waals surface area contributed by atoms with Crippen LogP contribution < -0.4 is 15.8 Å². The average Bonchev–Trinajstić information content (AvgIpc) is 2.50. The molecule has 3 rings (SSSR count). The van der Waals surface area contributed by atoms with E-state index in [1.54, 1.807) is 24.3 Å². The zero-order valence-corrected chi connectivity index (χ0v) is 12.8. The predicted molar refractivity (Wildman–Crippen MR) is 83.6 cm³/mol. The minimum absolute atomic E-state index is 0.0877. The highest BCUT2D eigenvalue weighted by Gasteiger charge is 2.24. The second kappa shape index (κ2) is 6.10. The molecule has 6 nitrogen and oxygen atoms in total. The molecule has 0 aliphatic heterocycles. The van der Waals surface area contributed by atoms with E-state index >= 15 is 0 Å². The minimum atomic E-state index is -4.30. The lowest BCUT2D eigenvalue weighted by atomic mass is 10.0. The van der Waals surface area contributed by atoms with Crippen molar-refractivity contribution >= 4 is 28.2 Å². The Hall–Kier alpha value is -2.65. The fourth-order valence-electron chi connectivity index (χ4n) is 2.40. The lowest BCUT2D eigenvalue weighted by Crippen LogP contribution is -2.33. The Morgan fingerprint density at radius 2 is 2.04 bits per heavy atom. The number of nitrogens with one attached hydrogen (secondary N) is 1. The molecule has 0 radical (unpaired) electrons. The van der Waals surface area contributed by atoms with Gasteiger partial charge in [-0.3, -0.25) is 4.55 Å². The van der Waals surface area contributed by atoms with Crippen LogP contribution in [0.2, 0.25) is 0 Å². The van der Waals surface area contributed by atoms with E-state index in [1.165, 1.54) is 18.4 Å². The van der Waals surface area contributed by atoms with Crippen molar-refractivity contribution in [2.45, 2.75) is 5.25 Å². The average molecular weight is 351 g/mol. The van der Waals surface area contributed by atoms with Crippen molar-refractivity contribution in [3.63, 3.8) is 0 Å². The monoisotopic (exact) mass is 351 g/mol. The van der Waals surface area contributed by atoms with Gasteiger partial charge in [-0.1, -0.05) is 36.4 Å². The van der Waals surface area contributed by atoms with Crippen LogP contribution in [0.4, 0.5) is 14.6 Å². The number of halogens is 2. The molecule has 1 aliphatic rings. The smallest absolute Gasteiger partial charge is 0.313 e. The molecule has 0 spiro atoms. The molecule has 0 saturated carbocycles. The predicted octanol–water partition coefficient (Wildman–Crippen LogP) is 0.884. The molecule has 1 aromatic heterocycles. The van der Waals surface area contributed by atoms with Gasteiger partial charge >= 0.3 is 6.08 Å². The summed E-state index contributed by atoms with van der Waals surface area (Å²) >= 11 is 0. The topological polar surface area (TPSA) is 92.2 Å². The Kier molecular flexibility index (Phi) is 4.12. The highest BCUT2D eigenvalue weighted by Crippen LogP contribution is 2.21. The summed E-state index contributed by atoms with van der Waals surface area (Å²) in [5.74, 6) is -1.11. The molecule has 0 amide bonds. The fourth-order valence-corrected chi connectivity index (χ4v) is 3.22. The van der Waals surface area contributed by atoms with Gasteiger partial charge in [0, 0.05) is 12.3 Å². The largest absolute Gasteiger partial charge is 0.346 e. The number of hydrogen-bond acceptors (Lipinski definition) is 5. The molecule has 9 heteroatoms. The number of anilines is 1. The van der Waals surface area contributed by atoms with Gasteiger partial charge in [0.25, 0.3) is 10.1 Å². The highest BCUT2D eigenvalue weighted by molar-refractivity contribution is 7.86. The molecule has 1 heterocycles. The molecule has 124 valence electrons. The Bertz CT molecular complexity index is 1030. The van der Waals surface area contributed by atoms with Gasteiger partial charge in [0.05, 0.1) is 0 Å². The molecule has 2 N–H and O–H groups in total. The van der Waals surface area contributed by atoms with Crippen molar-refractivity contribution in [2.24, 2.45) is 0 Å². The third-order valence-corrected chi connectivity index (χ3v) is 4.45. The van der Waals surface area contributed by atoms with Crippen LogP contribution in [-0.4, -0.2) is 22.9 Å². The molecular weight excluding hydrogens is 340 g/mol. The SMILES string of the molecule is O=S(=O)(O)C1C=CC=c2c1cccc2=CNc1cc(F)nc(F)n1. The van der Waals surface area contributed by atoms with E-state index in [9.17, 15) is 21.8 Å². The second-order valence-electron chi connectivity index (χ2n) is 4.97. The zero-order chi connectivity index (χ0) is 17.3. The van der Waals surface area contributed by atoms with Crippen LogP contribution in [-0.2, 0) is 10.1 Å². The number of benzene rings is 1. The summed E-state index contributed by atoms with van der Waals surface area (Å²) in [6.45, 7) is 0. The van der Waals surface area contributed by atoms with Gasteiger partial charge in [0.15, 0.2) is 0 Å². The Morgan fingerprint density at radius 1 is 1.25 bits per heavy atom. The van der Waals surface area contributed by atoms with Crippen molar-refractivity contribution in [1.82, 2.24) is 9.97 Å². The summed E-state index contributed by atoms with van der Waals surface area (Å²) < 4.78 is 58.3. The van der Waals surface area contributed by atoms with Crippen LogP contribution in [0.1, 0.15) is 10.8 Å². The van der Waals surface area contributed by atoms with Crippen LogP contribution in [0.15, 0.2) is 36.4 Å². The van der Waals surface area contributed by atoms with Crippen molar-refractivity contribution in [2.75, 3.05) is 5.32 Å². The lowest BCUT2D eigenvalue weighted by molar-refractivity contribution is 0.476. The summed E-state index contributed by atoms with van der Waals surface area (Å²) in [5, 5.41) is 2.59. The van der Waals surface area contributed by atoms with Crippen molar-refractivity contribution < 1.29 is 21.8 Å². The maximum atomic E-state index is 13.1. The highest BCUT2D eigenvalue weighted by atomic mass is 32.2. The molecule has 1 atom stereocenters. The lowest BCUT2D eigenvalue weighted by Gasteiger charge is -2.14. The molecule has 1 unspecified atom stereocenters. The number of hydrogen-bond donors (Lipinski definition) is 2. The number of aromatic nitrogens is 2. The summed E-state index contributed by atoms with van der Waals surface area (Å²) in [6.07, 6.45) is 4.77. The Balaban J connectivity index is 2.07. The first-order valence-electron chi connectivity index (χ1n) is 6.75. The van der Waals surface area contributed by atoms with Gasteiger partial charge in [-0.25, -0.2) is 0 Å². The summed E-state index contributed by atoms with van der Waals surface area (Å²) in [6, 6.07) is 5.78. The van der Waals surface area contributed by atoms with E-state index in [0.29, 0.717) is 16.0 Å². The van der Waals surface area contributed by atoms with E-state index in [2.05, 4.69) is 15.3 Å². The van der Waals surface area contributed by atoms with Gasteiger partial charge in [-0.05, 0) is 16.0 Å². The van der Waals surface area contributed by atoms with Crippen LogP contribution in [0.25, 0.3) is 12.3 Å². The van der Waals surface area contributed by atoms with Crippen LogP contribution >= 0.6 is 0 Å². The normalized spacial score (nSPS) is 17.3. The molecule has 2 aromatic rings. The minimum Gasteiger partial charge on any atom is -0.346 e. The molecule has 24 heavy (non-hydrogen) atoms. The first-order valence-corrected chi connectivity index (χ1v) is 8.25. The number of rotatable bonds is 3. The number of allylic oxidation sites excluding steroid dienone is 1. The summed E-state index contributed by atoms with van der Waals surface area (Å²) in [7, 11) is -4.30. The van der Waals surface area contributed by atoms with Crippen molar-refractivity contribution in [3.05, 3.63) is 64.4 Å². The standard InChI is InChI=1S/C15H11F2N3O3S/c16-13-7-14(20-15(17)19-13)18-8-9-3-1-5-11-10(9)4-2-6-12(11)24(21,22)23/h1-8,12H,(H,18,19,20)(H,21,22,23). The van der Waals surface area contributed by atoms with E-state index in [1.807, 2.05) is 0 Å². The van der Waals surface area contributed by atoms with Crippen LogP contribution in [0.3, 0.4) is 0 Å². The number of fused-ring (bicyclic) bond motifs is 1. The van der Waals surface area contributed by atoms with E-state index in [-0.39, 0.29) is 5.82 Å². The third kappa shape index (κ3) is 3.31. The molecule has 1 aliphatic carbocycles. The molecule has 0 bridgehead atoms. The first kappa shape index (κ1) is 16.2. The second-order valence-corrected chi connectivity index (χ2v) is 6.51. The first-order chi connectivity index (χ1) is 11.3. The fraction of sp³-hybridized carbons (Fsp3) is 0.0667. The third-order valence-electron chi connectivity index (χ3n) is 3.39. The maximum absolute atomic E-state index is 13.1. The zero-order valence-electron chi connectivity index (χ0n) is 12.0. The summed E-state index contributed by atoms with van der Waals surface area (Å²) in [4.78, 5) is 6.28. The Morgan fingerprint density at radius 3 is 2.75 bits per heavy atom. The van der Waals surface area contributed by atoms with Crippen molar-refractivity contribution in [1.29, 1.82) is 0 Å². The van der Waals surface area contributed by atoms with Gasteiger partial charge in [0.1, 0.15) is 11.1 Å². The molecule has 1 aromatic carbocycles. The van der Waals surface area contributed by atoms with E-state index < -0.39 is 27.4 Å². The van der Waals surface area contributed by atoms with E-state index in [4.69, 9.17) is 0 Å². The molecule has 0 fully saturated rings. The quantitative estimate of drug-likeness (QED) is 0.485. The van der Waals surface area contributed by atoms with Gasteiger partial charge in [0.2, 0.25) is 5.95 Å².